The number of halogens is 3. The molecule has 24 heavy (non-hydrogen) atoms. The smallest absolute Gasteiger partial charge is 0.479 e. The van der Waals surface area contributed by atoms with E-state index in [-0.39, 0.29) is 23.1 Å². The number of nitrogens with zero attached hydrogens (tertiary/aromatic N) is 2. The third-order valence-electron chi connectivity index (χ3n) is 2.71. The Kier molecular flexibility index (Phi) is 5.07. The summed E-state index contributed by atoms with van der Waals surface area (Å²) < 4.78 is 50.9. The van der Waals surface area contributed by atoms with Crippen LogP contribution in [0.3, 0.4) is 0 Å². The molecule has 0 unspecified atom stereocenters. The predicted octanol–water partition coefficient (Wildman–Crippen LogP) is 2.64. The van der Waals surface area contributed by atoms with E-state index >= 15 is 0 Å². The van der Waals surface area contributed by atoms with Crippen LogP contribution in [-0.4, -0.2) is 36.5 Å². The van der Waals surface area contributed by atoms with Crippen LogP contribution < -0.4 is 19.5 Å². The fourth-order valence-electron chi connectivity index (χ4n) is 1.75. The lowest BCUT2D eigenvalue weighted by Gasteiger charge is -2.14. The molecule has 1 aromatic heterocycles. The molecule has 0 atom stereocenters. The van der Waals surface area contributed by atoms with E-state index in [9.17, 15) is 18.0 Å². The number of hydrogen-bond acceptors (Lipinski definition) is 6. The minimum Gasteiger partial charge on any atom is -0.479 e. The summed E-state index contributed by atoms with van der Waals surface area (Å²) in [4.78, 5) is 19.9. The zero-order valence-electron chi connectivity index (χ0n) is 12.5. The van der Waals surface area contributed by atoms with Crippen LogP contribution in [0.4, 0.5) is 18.9 Å². The van der Waals surface area contributed by atoms with Crippen molar-refractivity contribution in [3.05, 3.63) is 36.0 Å². The van der Waals surface area contributed by atoms with Crippen molar-refractivity contribution in [2.24, 2.45) is 0 Å². The standard InChI is InChI=1S/C14H12F3N3O4/c1-22-12-9(7-18-13(20-12)23-2)19-11(21)8-5-3-4-6-10(8)24-14(15,16)17/h3-7H,1-2H3,(H,19,21). The van der Waals surface area contributed by atoms with Gasteiger partial charge < -0.3 is 19.5 Å². The molecular formula is C14H12F3N3O4. The van der Waals surface area contributed by atoms with Crippen molar-refractivity contribution >= 4 is 11.6 Å². The van der Waals surface area contributed by atoms with Crippen LogP contribution in [-0.2, 0) is 0 Å². The molecule has 0 spiro atoms. The molecule has 10 heteroatoms. The molecule has 0 aliphatic carbocycles. The number of para-hydroxylation sites is 1. The van der Waals surface area contributed by atoms with Gasteiger partial charge >= 0.3 is 12.4 Å². The van der Waals surface area contributed by atoms with Crippen LogP contribution in [0.2, 0.25) is 0 Å². The summed E-state index contributed by atoms with van der Waals surface area (Å²) in [7, 11) is 2.65. The van der Waals surface area contributed by atoms with Crippen LogP contribution >= 0.6 is 0 Å². The molecule has 7 nitrogen and oxygen atoms in total. The number of anilines is 1. The third-order valence-corrected chi connectivity index (χ3v) is 2.71. The average molecular weight is 343 g/mol. The molecule has 1 N–H and O–H groups in total. The van der Waals surface area contributed by atoms with Gasteiger partial charge in [-0.2, -0.15) is 4.98 Å². The highest BCUT2D eigenvalue weighted by Crippen LogP contribution is 2.28. The molecule has 0 saturated carbocycles. The minimum atomic E-state index is -4.92. The molecule has 2 aromatic rings. The largest absolute Gasteiger partial charge is 0.573 e. The summed E-state index contributed by atoms with van der Waals surface area (Å²) in [6.45, 7) is 0. The van der Waals surface area contributed by atoms with Crippen molar-refractivity contribution in [1.82, 2.24) is 9.97 Å². The molecule has 0 aliphatic rings. The van der Waals surface area contributed by atoms with E-state index in [0.29, 0.717) is 0 Å². The zero-order valence-corrected chi connectivity index (χ0v) is 12.5. The quantitative estimate of drug-likeness (QED) is 0.899. The number of alkyl halides is 3. The van der Waals surface area contributed by atoms with Crippen LogP contribution in [0.5, 0.6) is 17.6 Å². The van der Waals surface area contributed by atoms with Crippen molar-refractivity contribution in [2.75, 3.05) is 19.5 Å². The number of hydrogen-bond donors (Lipinski definition) is 1. The van der Waals surface area contributed by atoms with Gasteiger partial charge in [-0.15, -0.1) is 13.2 Å². The first-order chi connectivity index (χ1) is 11.3. The van der Waals surface area contributed by atoms with Gasteiger partial charge in [0.25, 0.3) is 5.91 Å². The summed E-state index contributed by atoms with van der Waals surface area (Å²) in [6, 6.07) is 4.94. The van der Waals surface area contributed by atoms with Gasteiger partial charge in [0.2, 0.25) is 5.88 Å². The number of nitrogens with one attached hydrogen (secondary N) is 1. The maximum Gasteiger partial charge on any atom is 0.573 e. The lowest BCUT2D eigenvalue weighted by Crippen LogP contribution is -2.21. The fourth-order valence-corrected chi connectivity index (χ4v) is 1.75. The molecule has 0 aliphatic heterocycles. The Morgan fingerprint density at radius 1 is 1.17 bits per heavy atom. The SMILES string of the molecule is COc1ncc(NC(=O)c2ccccc2OC(F)(F)F)c(OC)n1. The van der Waals surface area contributed by atoms with Gasteiger partial charge in [-0.25, -0.2) is 4.98 Å². The Hall–Kier alpha value is -3.04. The minimum absolute atomic E-state index is 0.00524. The lowest BCUT2D eigenvalue weighted by molar-refractivity contribution is -0.274. The first kappa shape index (κ1) is 17.3. The molecule has 1 aromatic carbocycles. The number of ether oxygens (including phenoxy) is 3. The summed E-state index contributed by atoms with van der Waals surface area (Å²) in [5.74, 6) is -1.48. The molecule has 0 radical (unpaired) electrons. The highest BCUT2D eigenvalue weighted by atomic mass is 19.4. The Morgan fingerprint density at radius 3 is 2.50 bits per heavy atom. The number of aromatic nitrogens is 2. The van der Waals surface area contributed by atoms with E-state index < -0.39 is 18.0 Å². The summed E-state index contributed by atoms with van der Waals surface area (Å²) in [6.07, 6.45) is -3.72. The molecule has 128 valence electrons. The van der Waals surface area contributed by atoms with E-state index in [2.05, 4.69) is 20.0 Å². The Balaban J connectivity index is 2.28. The average Bonchev–Trinajstić information content (AvgIpc) is 2.54. The first-order valence-electron chi connectivity index (χ1n) is 6.45. The van der Waals surface area contributed by atoms with Crippen LogP contribution in [0.25, 0.3) is 0 Å². The highest BCUT2D eigenvalue weighted by Gasteiger charge is 2.33. The van der Waals surface area contributed by atoms with Crippen LogP contribution in [0, 0.1) is 0 Å². The summed E-state index contributed by atoms with van der Waals surface area (Å²) in [5.41, 5.74) is -0.252. The lowest BCUT2D eigenvalue weighted by atomic mass is 10.2. The monoisotopic (exact) mass is 343 g/mol. The van der Waals surface area contributed by atoms with E-state index in [1.165, 1.54) is 38.6 Å². The molecule has 1 heterocycles. The Labute approximate surface area is 134 Å². The second-order valence-corrected chi connectivity index (χ2v) is 4.28. The van der Waals surface area contributed by atoms with E-state index in [4.69, 9.17) is 9.47 Å². The van der Waals surface area contributed by atoms with E-state index in [1.807, 2.05) is 0 Å². The number of methoxy groups -OCH3 is 2. The number of rotatable bonds is 5. The molecule has 1 amide bonds. The van der Waals surface area contributed by atoms with Gasteiger partial charge in [-0.1, -0.05) is 12.1 Å². The first-order valence-corrected chi connectivity index (χ1v) is 6.45. The number of amides is 1. The van der Waals surface area contributed by atoms with Crippen molar-refractivity contribution in [2.45, 2.75) is 6.36 Å². The molecular weight excluding hydrogens is 331 g/mol. The second-order valence-electron chi connectivity index (χ2n) is 4.28. The maximum absolute atomic E-state index is 12.4. The van der Waals surface area contributed by atoms with Gasteiger partial charge in [0.15, 0.2) is 0 Å². The topological polar surface area (TPSA) is 82.6 Å². The van der Waals surface area contributed by atoms with Crippen molar-refractivity contribution < 1.29 is 32.2 Å². The third kappa shape index (κ3) is 4.24. The fraction of sp³-hybridized carbons (Fsp3) is 0.214. The van der Waals surface area contributed by atoms with Gasteiger partial charge in [0, 0.05) is 0 Å². The Morgan fingerprint density at radius 2 is 1.88 bits per heavy atom. The molecule has 0 fully saturated rings. The number of carbonyl (C=O) groups is 1. The maximum atomic E-state index is 12.4. The normalized spacial score (nSPS) is 10.9. The van der Waals surface area contributed by atoms with E-state index in [1.54, 1.807) is 0 Å². The van der Waals surface area contributed by atoms with Gasteiger partial charge in [0.05, 0.1) is 26.0 Å². The van der Waals surface area contributed by atoms with Gasteiger partial charge in [0.1, 0.15) is 11.4 Å². The summed E-state index contributed by atoms with van der Waals surface area (Å²) >= 11 is 0. The second kappa shape index (κ2) is 7.02. The van der Waals surface area contributed by atoms with Crippen molar-refractivity contribution in [3.63, 3.8) is 0 Å². The molecule has 0 saturated heterocycles. The van der Waals surface area contributed by atoms with Crippen molar-refractivity contribution in [1.29, 1.82) is 0 Å². The Bertz CT molecular complexity index is 737. The predicted molar refractivity (Wildman–Crippen MR) is 76.2 cm³/mol. The zero-order chi connectivity index (χ0) is 17.7. The van der Waals surface area contributed by atoms with Crippen molar-refractivity contribution in [3.8, 4) is 17.6 Å². The molecule has 2 rings (SSSR count). The van der Waals surface area contributed by atoms with Gasteiger partial charge in [-0.3, -0.25) is 4.79 Å². The highest BCUT2D eigenvalue weighted by molar-refractivity contribution is 6.06. The van der Waals surface area contributed by atoms with Crippen LogP contribution in [0.15, 0.2) is 30.5 Å². The number of benzene rings is 1. The summed E-state index contributed by atoms with van der Waals surface area (Å²) in [5, 5.41) is 2.36. The van der Waals surface area contributed by atoms with Gasteiger partial charge in [-0.05, 0) is 12.1 Å². The number of carbonyl (C=O) groups excluding carboxylic acids is 1. The van der Waals surface area contributed by atoms with Crippen LogP contribution in [0.1, 0.15) is 10.4 Å². The van der Waals surface area contributed by atoms with E-state index in [0.717, 1.165) is 6.07 Å². The molecule has 0 bridgehead atoms.